The summed E-state index contributed by atoms with van der Waals surface area (Å²) in [5.74, 6) is 0.118. The summed E-state index contributed by atoms with van der Waals surface area (Å²) in [6, 6.07) is 0. The molecule has 2 heterocycles. The number of nitrogens with one attached hydrogen (secondary N) is 1. The smallest absolute Gasteiger partial charge is 0.254 e. The predicted molar refractivity (Wildman–Crippen MR) is 130 cm³/mol. The Morgan fingerprint density at radius 1 is 0.844 bits per heavy atom. The Morgan fingerprint density at radius 3 is 1.94 bits per heavy atom. The summed E-state index contributed by atoms with van der Waals surface area (Å²) in [5, 5.41) is 5.53. The van der Waals surface area contributed by atoms with Crippen LogP contribution in [0.25, 0.3) is 0 Å². The number of carbonyl (C=O) groups is 1. The first-order valence-electron chi connectivity index (χ1n) is 13.6. The zero-order chi connectivity index (χ0) is 23.3. The number of hydrogen-bond acceptors (Lipinski definition) is 4. The third-order valence-corrected chi connectivity index (χ3v) is 7.81. The van der Waals surface area contributed by atoms with Crippen molar-refractivity contribution in [2.45, 2.75) is 160 Å². The van der Waals surface area contributed by atoms with Gasteiger partial charge in [-0.1, -0.05) is 77.6 Å². The van der Waals surface area contributed by atoms with E-state index in [0.29, 0.717) is 0 Å². The number of unbranched alkanes of at least 4 members (excludes halogenated alkanes) is 8. The van der Waals surface area contributed by atoms with E-state index < -0.39 is 11.3 Å². The molecule has 0 aromatic carbocycles. The number of amides is 1. The minimum Gasteiger partial charge on any atom is -0.339 e. The average Bonchev–Trinajstić information content (AvgIpc) is 2.94. The van der Waals surface area contributed by atoms with E-state index in [1.807, 2.05) is 0 Å². The van der Waals surface area contributed by atoms with Gasteiger partial charge < -0.3 is 10.1 Å². The molecule has 32 heavy (non-hydrogen) atoms. The van der Waals surface area contributed by atoms with Gasteiger partial charge in [-0.15, -0.1) is 0 Å². The monoisotopic (exact) mass is 450 g/mol. The summed E-state index contributed by atoms with van der Waals surface area (Å²) in [7, 11) is 0. The number of hydroxylamine groups is 2. The SMILES string of the molecule is CCCCCCCCCCCON1C(C)(C)CC2(CC1(C)C)NC(=O)C1(CCCCC1)O2. The lowest BCUT2D eigenvalue weighted by molar-refractivity contribution is -0.315. The minimum atomic E-state index is -0.593. The minimum absolute atomic E-state index is 0.118. The molecule has 0 aromatic rings. The van der Waals surface area contributed by atoms with Gasteiger partial charge in [0.15, 0.2) is 0 Å². The highest BCUT2D eigenvalue weighted by Gasteiger charge is 2.62. The first kappa shape index (κ1) is 26.0. The molecule has 0 unspecified atom stereocenters. The molecule has 0 radical (unpaired) electrons. The van der Waals surface area contributed by atoms with Crippen molar-refractivity contribution < 1.29 is 14.4 Å². The molecule has 2 aliphatic heterocycles. The van der Waals surface area contributed by atoms with Crippen LogP contribution in [-0.2, 0) is 14.4 Å². The molecule has 5 nitrogen and oxygen atoms in total. The van der Waals surface area contributed by atoms with Crippen LogP contribution in [0.2, 0.25) is 0 Å². The fourth-order valence-corrected chi connectivity index (χ4v) is 6.72. The second kappa shape index (κ2) is 10.7. The van der Waals surface area contributed by atoms with Crippen molar-refractivity contribution in [1.82, 2.24) is 10.4 Å². The van der Waals surface area contributed by atoms with Crippen molar-refractivity contribution in [2.75, 3.05) is 6.61 Å². The van der Waals surface area contributed by atoms with Crippen LogP contribution in [0.5, 0.6) is 0 Å². The van der Waals surface area contributed by atoms with Gasteiger partial charge in [-0.3, -0.25) is 9.63 Å². The van der Waals surface area contributed by atoms with E-state index in [4.69, 9.17) is 9.57 Å². The summed E-state index contributed by atoms with van der Waals surface area (Å²) >= 11 is 0. The van der Waals surface area contributed by atoms with Crippen LogP contribution in [-0.4, -0.2) is 40.0 Å². The fraction of sp³-hybridized carbons (Fsp3) is 0.963. The van der Waals surface area contributed by atoms with Crippen LogP contribution in [0.3, 0.4) is 0 Å². The van der Waals surface area contributed by atoms with Crippen LogP contribution in [0.4, 0.5) is 0 Å². The van der Waals surface area contributed by atoms with Crippen molar-refractivity contribution in [3.05, 3.63) is 0 Å². The first-order valence-corrected chi connectivity index (χ1v) is 13.6. The topological polar surface area (TPSA) is 50.8 Å². The number of nitrogens with zero attached hydrogens (tertiary/aromatic N) is 1. The molecule has 3 fully saturated rings. The van der Waals surface area contributed by atoms with E-state index in [0.717, 1.165) is 51.6 Å². The maximum Gasteiger partial charge on any atom is 0.254 e. The van der Waals surface area contributed by atoms with E-state index in [1.165, 1.54) is 57.8 Å². The van der Waals surface area contributed by atoms with Crippen LogP contribution in [0.15, 0.2) is 0 Å². The normalized spacial score (nSPS) is 26.0. The predicted octanol–water partition coefficient (Wildman–Crippen LogP) is 6.65. The summed E-state index contributed by atoms with van der Waals surface area (Å²) in [4.78, 5) is 19.4. The quantitative estimate of drug-likeness (QED) is 0.358. The van der Waals surface area contributed by atoms with Crippen molar-refractivity contribution in [3.8, 4) is 0 Å². The largest absolute Gasteiger partial charge is 0.339 e. The third-order valence-electron chi connectivity index (χ3n) is 7.81. The summed E-state index contributed by atoms with van der Waals surface area (Å²) < 4.78 is 6.71. The molecule has 1 N–H and O–H groups in total. The van der Waals surface area contributed by atoms with Crippen molar-refractivity contribution in [2.24, 2.45) is 0 Å². The Bertz CT molecular complexity index is 592. The number of carbonyl (C=O) groups excluding carboxylic acids is 1. The highest BCUT2D eigenvalue weighted by atomic mass is 16.7. The Morgan fingerprint density at radius 2 is 1.38 bits per heavy atom. The lowest BCUT2D eigenvalue weighted by Crippen LogP contribution is -2.68. The summed E-state index contributed by atoms with van der Waals surface area (Å²) in [6.45, 7) is 12.0. The van der Waals surface area contributed by atoms with Crippen LogP contribution >= 0.6 is 0 Å². The maximum absolute atomic E-state index is 13.0. The number of rotatable bonds is 11. The molecular formula is C27H50N2O3. The lowest BCUT2D eigenvalue weighted by Gasteiger charge is -2.56. The zero-order valence-corrected chi connectivity index (χ0v) is 21.7. The molecule has 3 aliphatic rings. The molecule has 0 bridgehead atoms. The second-order valence-corrected chi connectivity index (χ2v) is 12.0. The van der Waals surface area contributed by atoms with Gasteiger partial charge in [0.2, 0.25) is 0 Å². The Kier molecular flexibility index (Phi) is 8.71. The lowest BCUT2D eigenvalue weighted by atomic mass is 9.76. The zero-order valence-electron chi connectivity index (χ0n) is 21.7. The summed E-state index contributed by atoms with van der Waals surface area (Å²) in [5.41, 5.74) is -1.59. The van der Waals surface area contributed by atoms with Crippen LogP contribution in [0.1, 0.15) is 137 Å². The van der Waals surface area contributed by atoms with Gasteiger partial charge in [0.25, 0.3) is 5.91 Å². The molecule has 5 heteroatoms. The number of ether oxygens (including phenoxy) is 1. The molecule has 0 aromatic heterocycles. The van der Waals surface area contributed by atoms with Gasteiger partial charge in [0.05, 0.1) is 6.61 Å². The van der Waals surface area contributed by atoms with Gasteiger partial charge >= 0.3 is 0 Å². The highest BCUT2D eigenvalue weighted by Crippen LogP contribution is 2.50. The molecular weight excluding hydrogens is 400 g/mol. The average molecular weight is 451 g/mol. The highest BCUT2D eigenvalue weighted by molar-refractivity contribution is 5.87. The van der Waals surface area contributed by atoms with Crippen molar-refractivity contribution >= 4 is 5.91 Å². The Balaban J connectivity index is 1.47. The van der Waals surface area contributed by atoms with E-state index >= 15 is 0 Å². The summed E-state index contributed by atoms with van der Waals surface area (Å²) in [6.07, 6.45) is 18.5. The van der Waals surface area contributed by atoms with Crippen LogP contribution < -0.4 is 5.32 Å². The van der Waals surface area contributed by atoms with Crippen molar-refractivity contribution in [3.63, 3.8) is 0 Å². The van der Waals surface area contributed by atoms with Gasteiger partial charge in [0.1, 0.15) is 11.3 Å². The molecule has 1 amide bonds. The van der Waals surface area contributed by atoms with Gasteiger partial charge in [-0.05, 0) is 47.0 Å². The third kappa shape index (κ3) is 6.07. The molecule has 1 aliphatic carbocycles. The Labute approximate surface area is 197 Å². The first-order chi connectivity index (χ1) is 15.1. The number of piperidine rings is 1. The van der Waals surface area contributed by atoms with E-state index in [-0.39, 0.29) is 17.0 Å². The molecule has 186 valence electrons. The molecule has 2 saturated heterocycles. The molecule has 2 spiro atoms. The van der Waals surface area contributed by atoms with Gasteiger partial charge in [-0.25, -0.2) is 0 Å². The molecule has 3 rings (SSSR count). The molecule has 0 atom stereocenters. The van der Waals surface area contributed by atoms with E-state index in [1.54, 1.807) is 0 Å². The van der Waals surface area contributed by atoms with Crippen molar-refractivity contribution in [1.29, 1.82) is 0 Å². The number of hydrogen-bond donors (Lipinski definition) is 1. The van der Waals surface area contributed by atoms with E-state index in [9.17, 15) is 4.79 Å². The van der Waals surface area contributed by atoms with E-state index in [2.05, 4.69) is 45.0 Å². The van der Waals surface area contributed by atoms with Gasteiger partial charge in [-0.2, -0.15) is 5.06 Å². The fourth-order valence-electron chi connectivity index (χ4n) is 6.72. The molecule has 1 saturated carbocycles. The van der Waals surface area contributed by atoms with Crippen LogP contribution in [0, 0.1) is 0 Å². The van der Waals surface area contributed by atoms with Gasteiger partial charge in [0, 0.05) is 23.9 Å². The standard InChI is InChI=1S/C27H50N2O3/c1-6-7-8-9-10-11-12-13-17-20-31-29-24(2,3)21-27(22-25(29,4)5)28-23(30)26(32-27)18-15-14-16-19-26/h6-22H2,1-5H3,(H,28,30). The Hall–Kier alpha value is -0.650. The second-order valence-electron chi connectivity index (χ2n) is 12.0. The maximum atomic E-state index is 13.0.